The van der Waals surface area contributed by atoms with E-state index in [4.69, 9.17) is 23.2 Å². The normalized spacial score (nSPS) is 11.6. The lowest BCUT2D eigenvalue weighted by Gasteiger charge is -1.87. The van der Waals surface area contributed by atoms with E-state index in [9.17, 15) is 0 Å². The summed E-state index contributed by atoms with van der Waals surface area (Å²) >= 11 is 11.0. The Bertz CT molecular complexity index is 114. The Morgan fingerprint density at radius 2 is 2.12 bits per heavy atom. The average molecular weight is 151 g/mol. The predicted octanol–water partition coefficient (Wildman–Crippen LogP) is 3.27. The van der Waals surface area contributed by atoms with Crippen LogP contribution in [0.1, 0.15) is 13.3 Å². The third-order valence-electron chi connectivity index (χ3n) is 0.651. The van der Waals surface area contributed by atoms with E-state index in [1.54, 1.807) is 6.08 Å². The molecule has 0 N–H and O–H groups in total. The van der Waals surface area contributed by atoms with E-state index in [0.717, 1.165) is 11.5 Å². The van der Waals surface area contributed by atoms with E-state index in [-0.39, 0.29) is 0 Å². The molecule has 2 heteroatoms. The fourth-order valence-corrected chi connectivity index (χ4v) is 0.591. The van der Waals surface area contributed by atoms with Crippen LogP contribution in [0.15, 0.2) is 22.7 Å². The van der Waals surface area contributed by atoms with Crippen LogP contribution in [0.5, 0.6) is 0 Å². The summed E-state index contributed by atoms with van der Waals surface area (Å²) in [6.07, 6.45) is 2.45. The Morgan fingerprint density at radius 3 is 2.25 bits per heavy atom. The van der Waals surface area contributed by atoms with E-state index in [1.807, 2.05) is 6.92 Å². The van der Waals surface area contributed by atoms with Gasteiger partial charge in [0, 0.05) is 10.1 Å². The van der Waals surface area contributed by atoms with Gasteiger partial charge in [0.15, 0.2) is 0 Å². The topological polar surface area (TPSA) is 0 Å². The highest BCUT2D eigenvalue weighted by Gasteiger charge is 1.85. The second-order valence-corrected chi connectivity index (χ2v) is 2.36. The fraction of sp³-hybridized carbons (Fsp3) is 0.333. The second kappa shape index (κ2) is 3.99. The Morgan fingerprint density at radius 1 is 1.62 bits per heavy atom. The summed E-state index contributed by atoms with van der Waals surface area (Å²) in [5.74, 6) is 0. The van der Waals surface area contributed by atoms with Gasteiger partial charge in [-0.25, -0.2) is 0 Å². The highest BCUT2D eigenvalue weighted by molar-refractivity contribution is 6.34. The fourth-order valence-electron chi connectivity index (χ4n) is 0.272. The van der Waals surface area contributed by atoms with Crippen molar-refractivity contribution in [2.45, 2.75) is 13.3 Å². The molecule has 0 unspecified atom stereocenters. The molecule has 0 aromatic heterocycles. The molecule has 0 amide bonds. The first kappa shape index (κ1) is 8.06. The van der Waals surface area contributed by atoms with Crippen molar-refractivity contribution in [2.24, 2.45) is 0 Å². The van der Waals surface area contributed by atoms with Gasteiger partial charge in [-0.2, -0.15) is 0 Å². The lowest BCUT2D eigenvalue weighted by molar-refractivity contribution is 1.19. The molecule has 46 valence electrons. The summed E-state index contributed by atoms with van der Waals surface area (Å²) in [7, 11) is 0. The molecule has 0 saturated heterocycles. The van der Waals surface area contributed by atoms with E-state index in [0.29, 0.717) is 5.03 Å². The van der Waals surface area contributed by atoms with Crippen molar-refractivity contribution in [1.29, 1.82) is 0 Å². The first-order chi connectivity index (χ1) is 3.66. The maximum atomic E-state index is 5.58. The number of halogens is 2. The third-order valence-corrected chi connectivity index (χ3v) is 1.14. The van der Waals surface area contributed by atoms with Crippen molar-refractivity contribution < 1.29 is 0 Å². The molecule has 8 heavy (non-hydrogen) atoms. The van der Waals surface area contributed by atoms with Crippen molar-refractivity contribution in [3.8, 4) is 0 Å². The van der Waals surface area contributed by atoms with Gasteiger partial charge in [0.25, 0.3) is 0 Å². The largest absolute Gasteiger partial charge is 0.0891 e. The van der Waals surface area contributed by atoms with Crippen LogP contribution in [-0.4, -0.2) is 0 Å². The van der Waals surface area contributed by atoms with Crippen LogP contribution in [0.2, 0.25) is 0 Å². The van der Waals surface area contributed by atoms with Crippen molar-refractivity contribution >= 4 is 23.2 Å². The molecule has 0 atom stereocenters. The quantitative estimate of drug-likeness (QED) is 0.531. The molecular weight excluding hydrogens is 143 g/mol. The van der Waals surface area contributed by atoms with Crippen molar-refractivity contribution in [3.05, 3.63) is 22.7 Å². The van der Waals surface area contributed by atoms with E-state index in [1.165, 1.54) is 0 Å². The van der Waals surface area contributed by atoms with Crippen LogP contribution in [0.25, 0.3) is 0 Å². The smallest absolute Gasteiger partial charge is 0.0345 e. The summed E-state index contributed by atoms with van der Waals surface area (Å²) in [6, 6.07) is 0. The molecule has 0 aromatic rings. The summed E-state index contributed by atoms with van der Waals surface area (Å²) in [5.41, 5.74) is 0. The molecule has 0 rings (SSSR count). The van der Waals surface area contributed by atoms with Crippen molar-refractivity contribution in [3.63, 3.8) is 0 Å². The van der Waals surface area contributed by atoms with Crippen molar-refractivity contribution in [2.75, 3.05) is 0 Å². The minimum Gasteiger partial charge on any atom is -0.0891 e. The molecule has 0 radical (unpaired) electrons. The molecule has 0 aliphatic rings. The zero-order valence-electron chi connectivity index (χ0n) is 4.75. The number of hydrogen-bond acceptors (Lipinski definition) is 0. The van der Waals surface area contributed by atoms with Gasteiger partial charge >= 0.3 is 0 Å². The number of allylic oxidation sites excluding steroid dienone is 3. The molecular formula is C6H8Cl2. The molecule has 0 spiro atoms. The lowest BCUT2D eigenvalue weighted by Crippen LogP contribution is -1.65. The Labute approximate surface area is 59.8 Å². The lowest BCUT2D eigenvalue weighted by atomic mass is 10.4. The molecule has 0 nitrogen and oxygen atoms in total. The SMILES string of the molecule is C=C(Cl)C=C(Cl)CC. The van der Waals surface area contributed by atoms with Gasteiger partial charge in [-0.15, -0.1) is 0 Å². The minimum absolute atomic E-state index is 0.483. The number of hydrogen-bond donors (Lipinski definition) is 0. The highest BCUT2D eigenvalue weighted by atomic mass is 35.5. The maximum Gasteiger partial charge on any atom is 0.0345 e. The van der Waals surface area contributed by atoms with Gasteiger partial charge in [0.05, 0.1) is 0 Å². The third kappa shape index (κ3) is 4.23. The van der Waals surface area contributed by atoms with Gasteiger partial charge in [-0.05, 0) is 12.5 Å². The zero-order chi connectivity index (χ0) is 6.57. The first-order valence-corrected chi connectivity index (χ1v) is 3.13. The van der Waals surface area contributed by atoms with Gasteiger partial charge < -0.3 is 0 Å². The van der Waals surface area contributed by atoms with Crippen LogP contribution in [0, 0.1) is 0 Å². The minimum atomic E-state index is 0.483. The first-order valence-electron chi connectivity index (χ1n) is 2.37. The van der Waals surface area contributed by atoms with Crippen LogP contribution in [0.3, 0.4) is 0 Å². The Kier molecular flexibility index (Phi) is 4.02. The predicted molar refractivity (Wildman–Crippen MR) is 39.2 cm³/mol. The maximum absolute atomic E-state index is 5.58. The van der Waals surface area contributed by atoms with Gasteiger partial charge in [0.2, 0.25) is 0 Å². The molecule has 0 bridgehead atoms. The molecule has 0 fully saturated rings. The standard InChI is InChI=1S/C6H8Cl2/c1-3-6(8)4-5(2)7/h4H,2-3H2,1H3. The Balaban J connectivity index is 3.75. The van der Waals surface area contributed by atoms with Gasteiger partial charge in [0.1, 0.15) is 0 Å². The van der Waals surface area contributed by atoms with Crippen LogP contribution < -0.4 is 0 Å². The van der Waals surface area contributed by atoms with Crippen LogP contribution in [0.4, 0.5) is 0 Å². The van der Waals surface area contributed by atoms with Crippen LogP contribution >= 0.6 is 23.2 Å². The van der Waals surface area contributed by atoms with E-state index >= 15 is 0 Å². The highest BCUT2D eigenvalue weighted by Crippen LogP contribution is 2.10. The van der Waals surface area contributed by atoms with E-state index < -0.39 is 0 Å². The van der Waals surface area contributed by atoms with Gasteiger partial charge in [-0.3, -0.25) is 0 Å². The summed E-state index contributed by atoms with van der Waals surface area (Å²) in [6.45, 7) is 5.40. The van der Waals surface area contributed by atoms with Crippen molar-refractivity contribution in [1.82, 2.24) is 0 Å². The average Bonchev–Trinajstić information content (AvgIpc) is 1.65. The summed E-state index contributed by atoms with van der Waals surface area (Å²) in [4.78, 5) is 0. The molecule has 0 saturated carbocycles. The molecule has 0 aromatic carbocycles. The zero-order valence-corrected chi connectivity index (χ0v) is 6.26. The number of rotatable bonds is 2. The summed E-state index contributed by atoms with van der Waals surface area (Å²) in [5, 5.41) is 1.22. The van der Waals surface area contributed by atoms with E-state index in [2.05, 4.69) is 6.58 Å². The Hall–Kier alpha value is 0.0600. The van der Waals surface area contributed by atoms with Gasteiger partial charge in [-0.1, -0.05) is 36.7 Å². The van der Waals surface area contributed by atoms with Crippen LogP contribution in [-0.2, 0) is 0 Å². The monoisotopic (exact) mass is 150 g/mol. The summed E-state index contributed by atoms with van der Waals surface area (Å²) < 4.78 is 0. The molecule has 0 aliphatic heterocycles. The molecule has 0 heterocycles. The second-order valence-electron chi connectivity index (χ2n) is 1.39. The molecule has 0 aliphatic carbocycles.